The van der Waals surface area contributed by atoms with Crippen LogP contribution in [0.5, 0.6) is 5.75 Å². The SMILES string of the molecule is Fc1ccccc1OC(F)(F)F.O[B]O. The molecule has 1 rings (SSSR count). The Morgan fingerprint density at radius 1 is 1.13 bits per heavy atom. The summed E-state index contributed by atoms with van der Waals surface area (Å²) in [6.45, 7) is 0. The van der Waals surface area contributed by atoms with Gasteiger partial charge in [0.2, 0.25) is 0 Å². The Hall–Kier alpha value is -1.28. The Morgan fingerprint density at radius 2 is 1.60 bits per heavy atom. The van der Waals surface area contributed by atoms with E-state index >= 15 is 0 Å². The number of hydrogen-bond acceptors (Lipinski definition) is 3. The normalized spacial score (nSPS) is 10.0. The fraction of sp³-hybridized carbons (Fsp3) is 0.143. The van der Waals surface area contributed by atoms with Gasteiger partial charge in [0, 0.05) is 0 Å². The highest BCUT2D eigenvalue weighted by Crippen LogP contribution is 2.24. The van der Waals surface area contributed by atoms with Gasteiger partial charge in [0.05, 0.1) is 0 Å². The van der Waals surface area contributed by atoms with E-state index in [1.54, 1.807) is 0 Å². The van der Waals surface area contributed by atoms with Crippen LogP contribution in [0.15, 0.2) is 24.3 Å². The summed E-state index contributed by atoms with van der Waals surface area (Å²) >= 11 is 0. The van der Waals surface area contributed by atoms with E-state index in [-0.39, 0.29) is 7.69 Å². The summed E-state index contributed by atoms with van der Waals surface area (Å²) in [6, 6.07) is 4.33. The van der Waals surface area contributed by atoms with Gasteiger partial charge in [0.1, 0.15) is 0 Å². The number of hydrogen-bond donors (Lipinski definition) is 2. The van der Waals surface area contributed by atoms with Crippen molar-refractivity contribution in [2.75, 3.05) is 0 Å². The standard InChI is InChI=1S/C7H4F4O.BH2O2/c8-5-3-1-2-4-6(5)12-7(9,10)11;2-1-3/h1-4H;2-3H. The first-order valence-corrected chi connectivity index (χ1v) is 3.51. The highest BCUT2D eigenvalue weighted by atomic mass is 19.4. The molecule has 0 bridgehead atoms. The van der Waals surface area contributed by atoms with Gasteiger partial charge in [-0.1, -0.05) is 12.1 Å². The zero-order valence-electron chi connectivity index (χ0n) is 7.20. The van der Waals surface area contributed by atoms with E-state index in [4.69, 9.17) is 10.0 Å². The molecule has 0 unspecified atom stereocenters. The lowest BCUT2D eigenvalue weighted by molar-refractivity contribution is -0.275. The van der Waals surface area contributed by atoms with Crippen molar-refractivity contribution in [1.29, 1.82) is 0 Å². The van der Waals surface area contributed by atoms with Crippen molar-refractivity contribution in [3.63, 3.8) is 0 Å². The maximum absolute atomic E-state index is 12.5. The van der Waals surface area contributed by atoms with Gasteiger partial charge in [0.15, 0.2) is 11.6 Å². The first-order chi connectivity index (χ1) is 6.90. The number of alkyl halides is 3. The van der Waals surface area contributed by atoms with Crippen molar-refractivity contribution >= 4 is 7.69 Å². The summed E-state index contributed by atoms with van der Waals surface area (Å²) in [5.74, 6) is -1.85. The third-order valence-electron chi connectivity index (χ3n) is 1.06. The van der Waals surface area contributed by atoms with Crippen molar-refractivity contribution in [2.24, 2.45) is 0 Å². The Labute approximate surface area is 83.2 Å². The van der Waals surface area contributed by atoms with Crippen LogP contribution in [0.25, 0.3) is 0 Å². The first kappa shape index (κ1) is 13.7. The Kier molecular flexibility index (Phi) is 5.72. The van der Waals surface area contributed by atoms with Gasteiger partial charge in [-0.15, -0.1) is 13.2 Å². The molecule has 1 aromatic carbocycles. The van der Waals surface area contributed by atoms with Crippen molar-refractivity contribution in [3.05, 3.63) is 30.1 Å². The minimum Gasteiger partial charge on any atom is -0.429 e. The molecule has 0 fully saturated rings. The molecule has 83 valence electrons. The van der Waals surface area contributed by atoms with E-state index in [2.05, 4.69) is 4.74 Å². The summed E-state index contributed by atoms with van der Waals surface area (Å²) in [7, 11) is 0. The Bertz CT molecular complexity index is 292. The van der Waals surface area contributed by atoms with Crippen molar-refractivity contribution in [3.8, 4) is 5.75 Å². The number of halogens is 4. The largest absolute Gasteiger partial charge is 0.573 e. The Balaban J connectivity index is 0.000000583. The second kappa shape index (κ2) is 6.25. The van der Waals surface area contributed by atoms with Crippen molar-refractivity contribution in [1.82, 2.24) is 0 Å². The summed E-state index contributed by atoms with van der Waals surface area (Å²) in [4.78, 5) is 0. The van der Waals surface area contributed by atoms with Crippen LogP contribution in [0.3, 0.4) is 0 Å². The average molecular weight is 225 g/mol. The van der Waals surface area contributed by atoms with Gasteiger partial charge in [-0.3, -0.25) is 0 Å². The molecule has 0 saturated heterocycles. The molecule has 15 heavy (non-hydrogen) atoms. The number of para-hydroxylation sites is 1. The van der Waals surface area contributed by atoms with E-state index in [0.717, 1.165) is 12.1 Å². The lowest BCUT2D eigenvalue weighted by Crippen LogP contribution is -2.17. The monoisotopic (exact) mass is 225 g/mol. The lowest BCUT2D eigenvalue weighted by atomic mass is 10.3. The second-order valence-electron chi connectivity index (χ2n) is 2.09. The third-order valence-corrected chi connectivity index (χ3v) is 1.06. The van der Waals surface area contributed by atoms with Crippen LogP contribution in [-0.4, -0.2) is 24.1 Å². The number of rotatable bonds is 1. The fourth-order valence-corrected chi connectivity index (χ4v) is 0.652. The van der Waals surface area contributed by atoms with E-state index in [9.17, 15) is 17.6 Å². The number of ether oxygens (including phenoxy) is 1. The van der Waals surface area contributed by atoms with Crippen LogP contribution >= 0.6 is 0 Å². The van der Waals surface area contributed by atoms with Crippen LogP contribution in [0, 0.1) is 5.82 Å². The minimum absolute atomic E-state index is 0. The molecule has 0 spiro atoms. The molecule has 0 amide bonds. The molecule has 1 radical (unpaired) electrons. The fourth-order valence-electron chi connectivity index (χ4n) is 0.652. The van der Waals surface area contributed by atoms with Crippen LogP contribution in [-0.2, 0) is 0 Å². The molecular formula is C7H6BF4O3. The smallest absolute Gasteiger partial charge is 0.429 e. The number of benzene rings is 1. The zero-order valence-corrected chi connectivity index (χ0v) is 7.20. The molecule has 0 heterocycles. The molecular weight excluding hydrogens is 219 g/mol. The molecule has 0 aliphatic heterocycles. The summed E-state index contributed by atoms with van der Waals surface area (Å²) in [5.41, 5.74) is 0. The molecule has 0 saturated carbocycles. The van der Waals surface area contributed by atoms with Gasteiger partial charge in [-0.25, -0.2) is 4.39 Å². The maximum atomic E-state index is 12.5. The van der Waals surface area contributed by atoms with E-state index < -0.39 is 17.9 Å². The van der Waals surface area contributed by atoms with Crippen LogP contribution in [0.4, 0.5) is 17.6 Å². The maximum Gasteiger partial charge on any atom is 0.573 e. The molecule has 8 heteroatoms. The topological polar surface area (TPSA) is 49.7 Å². The van der Waals surface area contributed by atoms with Crippen LogP contribution in [0.2, 0.25) is 0 Å². The van der Waals surface area contributed by atoms with Gasteiger partial charge < -0.3 is 14.8 Å². The van der Waals surface area contributed by atoms with Gasteiger partial charge in [-0.05, 0) is 12.1 Å². The first-order valence-electron chi connectivity index (χ1n) is 3.51. The summed E-state index contributed by atoms with van der Waals surface area (Å²) < 4.78 is 50.4. The van der Waals surface area contributed by atoms with Crippen LogP contribution in [0.1, 0.15) is 0 Å². The highest BCUT2D eigenvalue weighted by molar-refractivity contribution is 6.13. The minimum atomic E-state index is -4.85. The Morgan fingerprint density at radius 3 is 2.00 bits per heavy atom. The molecule has 0 aliphatic carbocycles. The molecule has 1 aromatic rings. The molecule has 0 atom stereocenters. The summed E-state index contributed by atoms with van der Waals surface area (Å²) in [5, 5.41) is 14.0. The van der Waals surface area contributed by atoms with E-state index in [1.807, 2.05) is 0 Å². The van der Waals surface area contributed by atoms with Gasteiger partial charge in [0.25, 0.3) is 0 Å². The van der Waals surface area contributed by atoms with Gasteiger partial charge >= 0.3 is 14.0 Å². The van der Waals surface area contributed by atoms with E-state index in [0.29, 0.717) is 0 Å². The molecule has 3 nitrogen and oxygen atoms in total. The summed E-state index contributed by atoms with van der Waals surface area (Å²) in [6.07, 6.45) is -4.85. The molecule has 0 aromatic heterocycles. The van der Waals surface area contributed by atoms with Crippen molar-refractivity contribution in [2.45, 2.75) is 6.36 Å². The predicted octanol–water partition coefficient (Wildman–Crippen LogP) is 1.23. The van der Waals surface area contributed by atoms with Crippen molar-refractivity contribution < 1.29 is 32.3 Å². The second-order valence-corrected chi connectivity index (χ2v) is 2.09. The highest BCUT2D eigenvalue weighted by Gasteiger charge is 2.32. The van der Waals surface area contributed by atoms with Gasteiger partial charge in [-0.2, -0.15) is 0 Å². The van der Waals surface area contributed by atoms with Crippen LogP contribution < -0.4 is 4.74 Å². The molecule has 0 aliphatic rings. The molecule has 2 N–H and O–H groups in total. The quantitative estimate of drug-likeness (QED) is 0.558. The average Bonchev–Trinajstić information content (AvgIpc) is 2.08. The lowest BCUT2D eigenvalue weighted by Gasteiger charge is -2.08. The predicted molar refractivity (Wildman–Crippen MR) is 43.3 cm³/mol. The third kappa shape index (κ3) is 6.75. The zero-order chi connectivity index (χ0) is 11.9. The van der Waals surface area contributed by atoms with E-state index in [1.165, 1.54) is 12.1 Å².